The summed E-state index contributed by atoms with van der Waals surface area (Å²) in [5.41, 5.74) is 7.55. The average Bonchev–Trinajstić information content (AvgIpc) is 2.55. The largest absolute Gasteiger partial charge is 0.487 e. The Hall–Kier alpha value is -2.75. The van der Waals surface area contributed by atoms with Crippen molar-refractivity contribution in [2.75, 3.05) is 12.8 Å². The van der Waals surface area contributed by atoms with Crippen LogP contribution in [0.25, 0.3) is 10.8 Å². The fraction of sp³-hybridized carbons (Fsp3) is 0.118. The van der Waals surface area contributed by atoms with Crippen molar-refractivity contribution < 1.29 is 9.47 Å². The molecule has 4 nitrogen and oxygen atoms in total. The third-order valence-corrected chi connectivity index (χ3v) is 3.28. The van der Waals surface area contributed by atoms with E-state index < -0.39 is 0 Å². The number of nitrogens with two attached hydrogens (primary N) is 1. The van der Waals surface area contributed by atoms with Crippen molar-refractivity contribution >= 4 is 16.5 Å². The van der Waals surface area contributed by atoms with Crippen LogP contribution in [0.3, 0.4) is 0 Å². The molecule has 0 fully saturated rings. The first-order chi connectivity index (χ1) is 10.3. The summed E-state index contributed by atoms with van der Waals surface area (Å²) in [6.45, 7) is 0.380. The Morgan fingerprint density at radius 2 is 1.76 bits per heavy atom. The van der Waals surface area contributed by atoms with E-state index in [1.807, 2.05) is 54.6 Å². The normalized spacial score (nSPS) is 10.5. The van der Waals surface area contributed by atoms with E-state index >= 15 is 0 Å². The zero-order valence-electron chi connectivity index (χ0n) is 11.7. The lowest BCUT2D eigenvalue weighted by molar-refractivity contribution is 0.301. The minimum Gasteiger partial charge on any atom is -0.487 e. The fourth-order valence-electron chi connectivity index (χ4n) is 2.22. The van der Waals surface area contributed by atoms with Crippen molar-refractivity contribution in [2.45, 2.75) is 6.61 Å². The second-order valence-corrected chi connectivity index (χ2v) is 4.66. The topological polar surface area (TPSA) is 57.4 Å². The van der Waals surface area contributed by atoms with Crippen molar-refractivity contribution in [1.82, 2.24) is 4.98 Å². The predicted octanol–water partition coefficient (Wildman–Crippen LogP) is 3.40. The summed E-state index contributed by atoms with van der Waals surface area (Å²) in [5, 5.41) is 1.99. The smallest absolute Gasteiger partial charge is 0.213 e. The highest BCUT2D eigenvalue weighted by Crippen LogP contribution is 2.30. The molecule has 0 saturated heterocycles. The monoisotopic (exact) mass is 280 g/mol. The van der Waals surface area contributed by atoms with Crippen LogP contribution in [0.2, 0.25) is 0 Å². The molecule has 0 bridgehead atoms. The number of pyridine rings is 1. The molecule has 3 rings (SSSR count). The number of anilines is 1. The van der Waals surface area contributed by atoms with E-state index in [0.717, 1.165) is 27.9 Å². The Morgan fingerprint density at radius 3 is 2.57 bits per heavy atom. The highest BCUT2D eigenvalue weighted by atomic mass is 16.5. The Labute approximate surface area is 123 Å². The van der Waals surface area contributed by atoms with Gasteiger partial charge in [0, 0.05) is 22.5 Å². The number of benzene rings is 2. The van der Waals surface area contributed by atoms with Crippen LogP contribution >= 0.6 is 0 Å². The van der Waals surface area contributed by atoms with Gasteiger partial charge in [-0.1, -0.05) is 30.3 Å². The first kappa shape index (κ1) is 13.2. The Bertz CT molecular complexity index is 772. The van der Waals surface area contributed by atoms with E-state index in [9.17, 15) is 0 Å². The molecule has 0 amide bonds. The second kappa shape index (κ2) is 5.71. The van der Waals surface area contributed by atoms with E-state index in [0.29, 0.717) is 12.5 Å². The summed E-state index contributed by atoms with van der Waals surface area (Å²) >= 11 is 0. The SMILES string of the molecule is COc1cccc(COc2ccc(N)c3ccccc23)n1. The van der Waals surface area contributed by atoms with Crippen LogP contribution in [0.5, 0.6) is 11.6 Å². The van der Waals surface area contributed by atoms with Gasteiger partial charge in [-0.15, -0.1) is 0 Å². The number of methoxy groups -OCH3 is 1. The molecular formula is C17H16N2O2. The molecule has 0 unspecified atom stereocenters. The lowest BCUT2D eigenvalue weighted by Gasteiger charge is -2.11. The first-order valence-corrected chi connectivity index (χ1v) is 6.68. The highest BCUT2D eigenvalue weighted by Gasteiger charge is 2.05. The van der Waals surface area contributed by atoms with Gasteiger partial charge in [-0.2, -0.15) is 0 Å². The van der Waals surface area contributed by atoms with Gasteiger partial charge in [0.2, 0.25) is 5.88 Å². The van der Waals surface area contributed by atoms with Crippen LogP contribution in [0.4, 0.5) is 5.69 Å². The Kier molecular flexibility index (Phi) is 3.60. The number of hydrogen-bond donors (Lipinski definition) is 1. The molecule has 4 heteroatoms. The second-order valence-electron chi connectivity index (χ2n) is 4.66. The third-order valence-electron chi connectivity index (χ3n) is 3.28. The maximum absolute atomic E-state index is 5.99. The van der Waals surface area contributed by atoms with Crippen molar-refractivity contribution in [3.8, 4) is 11.6 Å². The highest BCUT2D eigenvalue weighted by molar-refractivity contribution is 5.96. The van der Waals surface area contributed by atoms with Crippen LogP contribution in [0.1, 0.15) is 5.69 Å². The van der Waals surface area contributed by atoms with Crippen LogP contribution < -0.4 is 15.2 Å². The Balaban J connectivity index is 1.87. The quantitative estimate of drug-likeness (QED) is 0.744. The van der Waals surface area contributed by atoms with Gasteiger partial charge >= 0.3 is 0 Å². The van der Waals surface area contributed by atoms with Crippen molar-refractivity contribution in [1.29, 1.82) is 0 Å². The standard InChI is InChI=1S/C17H16N2O2/c1-20-17-8-4-5-12(19-17)11-21-16-10-9-15(18)13-6-2-3-7-14(13)16/h2-10H,11,18H2,1H3. The van der Waals surface area contributed by atoms with Crippen molar-refractivity contribution in [3.63, 3.8) is 0 Å². The van der Waals surface area contributed by atoms with Crippen LogP contribution in [-0.2, 0) is 6.61 Å². The molecule has 2 aromatic carbocycles. The maximum Gasteiger partial charge on any atom is 0.213 e. The van der Waals surface area contributed by atoms with Gasteiger partial charge in [0.1, 0.15) is 12.4 Å². The lowest BCUT2D eigenvalue weighted by atomic mass is 10.1. The van der Waals surface area contributed by atoms with Gasteiger partial charge in [0.25, 0.3) is 0 Å². The first-order valence-electron chi connectivity index (χ1n) is 6.68. The molecule has 21 heavy (non-hydrogen) atoms. The van der Waals surface area contributed by atoms with Crippen LogP contribution in [0.15, 0.2) is 54.6 Å². The zero-order valence-corrected chi connectivity index (χ0v) is 11.7. The minimum absolute atomic E-state index is 0.380. The molecular weight excluding hydrogens is 264 g/mol. The molecule has 0 atom stereocenters. The molecule has 2 N–H and O–H groups in total. The predicted molar refractivity (Wildman–Crippen MR) is 83.5 cm³/mol. The molecule has 1 aromatic heterocycles. The molecule has 0 aliphatic rings. The number of rotatable bonds is 4. The number of nitrogens with zero attached hydrogens (tertiary/aromatic N) is 1. The van der Waals surface area contributed by atoms with E-state index in [1.165, 1.54) is 0 Å². The average molecular weight is 280 g/mol. The lowest BCUT2D eigenvalue weighted by Crippen LogP contribution is -2.00. The van der Waals surface area contributed by atoms with E-state index in [2.05, 4.69) is 4.98 Å². The maximum atomic E-state index is 5.99. The number of aromatic nitrogens is 1. The summed E-state index contributed by atoms with van der Waals surface area (Å²) in [7, 11) is 1.60. The minimum atomic E-state index is 0.380. The van der Waals surface area contributed by atoms with E-state index in [1.54, 1.807) is 7.11 Å². The summed E-state index contributed by atoms with van der Waals surface area (Å²) in [4.78, 5) is 4.33. The number of ether oxygens (including phenoxy) is 2. The van der Waals surface area contributed by atoms with Gasteiger partial charge in [-0.05, 0) is 18.2 Å². The van der Waals surface area contributed by atoms with Crippen LogP contribution in [0, 0.1) is 0 Å². The third kappa shape index (κ3) is 2.74. The van der Waals surface area contributed by atoms with Crippen molar-refractivity contribution in [2.24, 2.45) is 0 Å². The molecule has 0 saturated carbocycles. The van der Waals surface area contributed by atoms with Crippen LogP contribution in [-0.4, -0.2) is 12.1 Å². The fourth-order valence-corrected chi connectivity index (χ4v) is 2.22. The molecule has 3 aromatic rings. The van der Waals surface area contributed by atoms with Gasteiger partial charge in [0.15, 0.2) is 0 Å². The summed E-state index contributed by atoms with van der Waals surface area (Å²) in [6, 6.07) is 17.3. The van der Waals surface area contributed by atoms with Crippen molar-refractivity contribution in [3.05, 3.63) is 60.3 Å². The zero-order chi connectivity index (χ0) is 14.7. The summed E-state index contributed by atoms with van der Waals surface area (Å²) in [6.07, 6.45) is 0. The molecule has 0 spiro atoms. The molecule has 0 radical (unpaired) electrons. The van der Waals surface area contributed by atoms with E-state index in [-0.39, 0.29) is 0 Å². The molecule has 0 aliphatic carbocycles. The molecule has 0 aliphatic heterocycles. The van der Waals surface area contributed by atoms with Gasteiger partial charge in [-0.25, -0.2) is 4.98 Å². The summed E-state index contributed by atoms with van der Waals surface area (Å²) in [5.74, 6) is 1.38. The van der Waals surface area contributed by atoms with Gasteiger partial charge in [-0.3, -0.25) is 0 Å². The number of nitrogen functional groups attached to an aromatic ring is 1. The van der Waals surface area contributed by atoms with E-state index in [4.69, 9.17) is 15.2 Å². The number of fused-ring (bicyclic) bond motifs is 1. The summed E-state index contributed by atoms with van der Waals surface area (Å²) < 4.78 is 11.0. The molecule has 106 valence electrons. The van der Waals surface area contributed by atoms with Gasteiger partial charge in [0.05, 0.1) is 12.8 Å². The number of hydrogen-bond acceptors (Lipinski definition) is 4. The van der Waals surface area contributed by atoms with Gasteiger partial charge < -0.3 is 15.2 Å². The molecule has 1 heterocycles. The Morgan fingerprint density at radius 1 is 0.952 bits per heavy atom.